The Hall–Kier alpha value is -17.2. The van der Waals surface area contributed by atoms with Gasteiger partial charge in [0.15, 0.2) is 38.4 Å². The molecule has 0 atom stereocenters. The van der Waals surface area contributed by atoms with Gasteiger partial charge in [0, 0.05) is 127 Å². The van der Waals surface area contributed by atoms with Crippen LogP contribution in [-0.2, 0) is 34.0 Å². The molecule has 21 aromatic rings. The average Bonchev–Trinajstić information content (AvgIpc) is 1.05. The number of benzene rings is 5. The van der Waals surface area contributed by atoms with Crippen LogP contribution >= 0.6 is 34.0 Å². The van der Waals surface area contributed by atoms with Gasteiger partial charge in [-0.15, -0.1) is 34.0 Å². The van der Waals surface area contributed by atoms with E-state index in [9.17, 15) is 27.6 Å². The number of fused-ring (bicyclic) bond motifs is 10. The number of allylic oxidation sites excluding steroid dienone is 2. The number of nitrogens with zero attached hydrogens (tertiary/aromatic N) is 21. The van der Waals surface area contributed by atoms with Gasteiger partial charge in [-0.1, -0.05) is 42.5 Å². The van der Waals surface area contributed by atoms with Gasteiger partial charge in [-0.3, -0.25) is 29.9 Å². The lowest BCUT2D eigenvalue weighted by molar-refractivity contribution is 0.122. The van der Waals surface area contributed by atoms with Gasteiger partial charge in [-0.2, -0.15) is 15.2 Å². The van der Waals surface area contributed by atoms with Gasteiger partial charge in [0.25, 0.3) is 0 Å². The lowest BCUT2D eigenvalue weighted by Gasteiger charge is -2.27. The number of aromatic amines is 1. The Bertz CT molecular complexity index is 8790. The summed E-state index contributed by atoms with van der Waals surface area (Å²) in [4.78, 5) is 92.2. The van der Waals surface area contributed by atoms with Crippen molar-refractivity contribution < 1.29 is 27.0 Å². The number of nitrogens with one attached hydrogen (secondary N) is 6. The van der Waals surface area contributed by atoms with Gasteiger partial charge in [-0.25, -0.2) is 72.0 Å². The fourth-order valence-electron chi connectivity index (χ4n) is 17.2. The molecule has 144 heavy (non-hydrogen) atoms. The van der Waals surface area contributed by atoms with E-state index < -0.39 is 16.4 Å². The van der Waals surface area contributed by atoms with Crippen molar-refractivity contribution in [2.45, 2.75) is 61.8 Å². The molecule has 0 unspecified atom stereocenters. The Labute approximate surface area is 832 Å². The largest absolute Gasteiger partial charge is 0.395 e. The SMILES string of the molecule is C1=NCc2ccc(Nc3nc(-c4cncs4)nc4ncccc34)cc21.Fc1cc(Nc2nc(-c3cc[nH]c3)nc3ncccc23)cc2c1CC=C2.Fc1cc(Nc2nc(N3CCOCC3)nc3ncccc23)cc2c1CC=C2.N#Cc1ccnc2cc(-c3ccccn3)nc(Nc3ccc4nc(C5CC5)sc4c3)c12.O=S(=O)(CCO)c1ccnc2cc(-c3ccccn3)nc(Nc3ccc4nc(C5CC5)sc4c3)c12. The number of halogens is 2. The van der Waals surface area contributed by atoms with Crippen LogP contribution in [0.15, 0.2) is 272 Å². The number of H-pyrrole nitrogens is 1. The topological polar surface area (TPSA) is 411 Å². The number of hydrogen-bond donors (Lipinski definition) is 7. The van der Waals surface area contributed by atoms with Gasteiger partial charge in [0.1, 0.15) is 46.8 Å². The van der Waals surface area contributed by atoms with Crippen LogP contribution in [0.3, 0.4) is 0 Å². The van der Waals surface area contributed by atoms with E-state index in [0.29, 0.717) is 152 Å². The number of morpholine rings is 1. The molecule has 16 aromatic heterocycles. The second-order valence-electron chi connectivity index (χ2n) is 34.4. The predicted molar refractivity (Wildman–Crippen MR) is 561 cm³/mol. The molecule has 2 saturated carbocycles. The van der Waals surface area contributed by atoms with Crippen LogP contribution in [-0.4, -0.2) is 153 Å². The number of ether oxygens (including phenoxy) is 1. The van der Waals surface area contributed by atoms with Crippen LogP contribution in [0.1, 0.15) is 86.5 Å². The molecule has 3 fully saturated rings. The van der Waals surface area contributed by atoms with E-state index in [-0.39, 0.29) is 22.3 Å². The zero-order chi connectivity index (χ0) is 97.1. The van der Waals surface area contributed by atoms with E-state index in [4.69, 9.17) is 34.6 Å². The minimum atomic E-state index is -3.76. The zero-order valence-corrected chi connectivity index (χ0v) is 79.6. The summed E-state index contributed by atoms with van der Waals surface area (Å²) in [6, 6.07) is 58.7. The number of sulfone groups is 1. The first-order chi connectivity index (χ1) is 70.7. The van der Waals surface area contributed by atoms with Crippen LogP contribution in [0.25, 0.3) is 132 Å². The normalized spacial score (nSPS) is 13.7. The fourth-order valence-corrected chi connectivity index (χ4v) is 21.3. The molecule has 31 nitrogen and oxygen atoms in total. The number of aromatic nitrogens is 19. The first-order valence-electron chi connectivity index (χ1n) is 46.4. The van der Waals surface area contributed by atoms with E-state index in [1.54, 1.807) is 83.7 Å². The maximum Gasteiger partial charge on any atom is 0.229 e. The van der Waals surface area contributed by atoms with Crippen LogP contribution < -0.4 is 31.5 Å². The number of rotatable bonds is 20. The molecule has 0 amide bonds. The molecule has 7 N–H and O–H groups in total. The fraction of sp³-hybridized carbons (Fsp3) is 0.140. The minimum absolute atomic E-state index is 0.0778. The molecule has 0 radical (unpaired) electrons. The van der Waals surface area contributed by atoms with Crippen molar-refractivity contribution in [3.05, 3.63) is 322 Å². The summed E-state index contributed by atoms with van der Waals surface area (Å²) in [6.45, 7) is 3.04. The zero-order valence-electron chi connectivity index (χ0n) is 76.4. The molecule has 2 aliphatic heterocycles. The molecule has 0 bridgehead atoms. The average molecular weight is 1980 g/mol. The molecule has 1 saturated heterocycles. The lowest BCUT2D eigenvalue weighted by Crippen LogP contribution is -2.37. The van der Waals surface area contributed by atoms with Gasteiger partial charge < -0.3 is 46.3 Å². The van der Waals surface area contributed by atoms with Gasteiger partial charge >= 0.3 is 0 Å². The summed E-state index contributed by atoms with van der Waals surface area (Å²) in [6.07, 6.45) is 33.0. The Balaban J connectivity index is 0.000000100. The Morgan fingerprint density at radius 2 is 1.03 bits per heavy atom. The monoisotopic (exact) mass is 1970 g/mol. The van der Waals surface area contributed by atoms with E-state index in [0.717, 1.165) is 123 Å². The van der Waals surface area contributed by atoms with Crippen molar-refractivity contribution in [2.24, 2.45) is 4.99 Å². The molecule has 18 heterocycles. The molecule has 6 aliphatic rings. The molecular weight excluding hydrogens is 1890 g/mol. The highest BCUT2D eigenvalue weighted by molar-refractivity contribution is 7.91. The number of aliphatic hydroxyl groups is 1. The third-order valence-electron chi connectivity index (χ3n) is 24.6. The van der Waals surface area contributed by atoms with E-state index in [1.807, 2.05) is 176 Å². The van der Waals surface area contributed by atoms with E-state index in [1.165, 1.54) is 77.0 Å². The molecule has 27 rings (SSSR count). The molecule has 5 aromatic carbocycles. The molecule has 4 aliphatic carbocycles. The van der Waals surface area contributed by atoms with E-state index >= 15 is 0 Å². The third-order valence-corrected chi connectivity index (χ3v) is 29.5. The molecule has 706 valence electrons. The van der Waals surface area contributed by atoms with Crippen LogP contribution in [0.4, 0.5) is 72.3 Å². The smallest absolute Gasteiger partial charge is 0.229 e. The first-order valence-corrected chi connectivity index (χ1v) is 50.5. The van der Waals surface area contributed by atoms with Gasteiger partial charge in [0.05, 0.1) is 144 Å². The maximum absolute atomic E-state index is 14.4. The number of aliphatic hydroxyl groups excluding tert-OH is 1. The highest BCUT2D eigenvalue weighted by Crippen LogP contribution is 2.47. The molecular formula is C107H81F2N27O4S4. The highest BCUT2D eigenvalue weighted by atomic mass is 32.2. The van der Waals surface area contributed by atoms with Crippen molar-refractivity contribution in [3.63, 3.8) is 0 Å². The standard InChI is InChI=1S/C25H21N5O3S2.C24H16N6S.C20H18FN5O.C20H14FN5.C18H12N6S/c31-11-12-35(32,33)22-8-10-27-20-14-19(17-3-1-2-9-26-17)29-24(23(20)22)28-16-6-7-18-21(13-16)34-25(30-18)15-4-5-15;25-13-15-8-10-27-20-12-19(17-3-1-2-9-26-17)29-23(22(15)20)28-16-6-7-18-21(11-16)31-24(30-18)14-4-5-14;21-17-12-14(11-13-3-1-4-15(13)17)23-19-16-5-2-6-22-18(16)24-20(25-19)26-7-9-27-10-8-26;21-17-10-14(9-12-3-1-4-15(12)17)24-20-16-5-2-7-23-19(16)25-18(26-20)13-6-8-22-11-13;1-2-14-16(21-5-1)23-18(15-9-20-10-25-15)24-17(14)22-13-4-3-11-7-19-8-12(11)6-13/h1-3,6-10,13-15,31H,4-5,11-12H2,(H,28,29);1-3,6-12,14H,4-5H2,(H,28,29);1-3,5-6,11-12H,4,7-10H2,(H,22,23,24,25);1-3,5-11,22H,4H2,(H,23,24,25,26);1-6,8-10H,7H2,(H,21,22,23,24). The van der Waals surface area contributed by atoms with Crippen molar-refractivity contribution in [1.82, 2.24) is 94.7 Å². The number of pyridine rings is 9. The maximum atomic E-state index is 14.4. The minimum Gasteiger partial charge on any atom is -0.395 e. The van der Waals surface area contributed by atoms with Crippen molar-refractivity contribution in [2.75, 3.05) is 70.1 Å². The van der Waals surface area contributed by atoms with Gasteiger partial charge in [0.2, 0.25) is 5.95 Å². The summed E-state index contributed by atoms with van der Waals surface area (Å²) in [5, 5.41) is 41.6. The summed E-state index contributed by atoms with van der Waals surface area (Å²) in [5.74, 6) is 5.11. The number of nitriles is 1. The summed E-state index contributed by atoms with van der Waals surface area (Å²) >= 11 is 4.96. The Morgan fingerprint density at radius 1 is 0.493 bits per heavy atom. The van der Waals surface area contributed by atoms with Crippen LogP contribution in [0.2, 0.25) is 0 Å². The summed E-state index contributed by atoms with van der Waals surface area (Å²) in [5.41, 5.74) is 20.4. The van der Waals surface area contributed by atoms with Crippen LogP contribution in [0.5, 0.6) is 0 Å². The second-order valence-corrected chi connectivity index (χ2v) is 39.5. The quantitative estimate of drug-likeness (QED) is 0.0372. The second kappa shape index (κ2) is 39.9. The summed E-state index contributed by atoms with van der Waals surface area (Å²) < 4.78 is 62.3. The molecule has 0 spiro atoms. The molecule has 37 heteroatoms. The lowest BCUT2D eigenvalue weighted by atomic mass is 10.1. The van der Waals surface area contributed by atoms with Gasteiger partial charge in [-0.05, 0) is 236 Å². The third kappa shape index (κ3) is 19.6. The predicted octanol–water partition coefficient (Wildman–Crippen LogP) is 22.1. The number of anilines is 11. The number of thiazole rings is 3. The Kier molecular flexibility index (Phi) is 25.1. The Morgan fingerprint density at radius 3 is 1.59 bits per heavy atom. The van der Waals surface area contributed by atoms with Crippen molar-refractivity contribution >= 4 is 201 Å². The first kappa shape index (κ1) is 90.7. The highest BCUT2D eigenvalue weighted by Gasteiger charge is 2.31. The van der Waals surface area contributed by atoms with E-state index in [2.05, 4.69) is 126 Å². The summed E-state index contributed by atoms with van der Waals surface area (Å²) in [7, 11) is -3.76. The van der Waals surface area contributed by atoms with Crippen molar-refractivity contribution in [3.8, 4) is 50.9 Å². The van der Waals surface area contributed by atoms with Crippen molar-refractivity contribution in [1.29, 1.82) is 5.26 Å². The number of hydrogen-bond acceptors (Lipinski definition) is 33. The number of aliphatic imine (C=N–C) groups is 1. The van der Waals surface area contributed by atoms with Crippen LogP contribution in [0, 0.1) is 23.0 Å².